The molecule has 0 saturated heterocycles. The van der Waals surface area contributed by atoms with Gasteiger partial charge in [0.1, 0.15) is 17.2 Å². The van der Waals surface area contributed by atoms with Crippen molar-refractivity contribution in [3.63, 3.8) is 0 Å². The van der Waals surface area contributed by atoms with Crippen molar-refractivity contribution < 1.29 is 19.1 Å². The van der Waals surface area contributed by atoms with Gasteiger partial charge in [0.05, 0.1) is 13.0 Å². The molecule has 3 rings (SSSR count). The molecule has 0 atom stereocenters. The molecule has 1 amide bonds. The van der Waals surface area contributed by atoms with Gasteiger partial charge in [0.2, 0.25) is 5.91 Å². The van der Waals surface area contributed by atoms with E-state index in [0.717, 1.165) is 11.1 Å². The van der Waals surface area contributed by atoms with Gasteiger partial charge in [0, 0.05) is 16.5 Å². The van der Waals surface area contributed by atoms with Crippen LogP contribution in [0.3, 0.4) is 0 Å². The van der Waals surface area contributed by atoms with E-state index in [4.69, 9.17) is 4.42 Å². The van der Waals surface area contributed by atoms with Crippen molar-refractivity contribution in [1.29, 1.82) is 0 Å². The first kappa shape index (κ1) is 14.9. The minimum atomic E-state index is -1.08. The second-order valence-electron chi connectivity index (χ2n) is 5.30. The van der Waals surface area contributed by atoms with Gasteiger partial charge in [-0.15, -0.1) is 0 Å². The first-order valence-electron chi connectivity index (χ1n) is 7.19. The molecule has 2 heterocycles. The summed E-state index contributed by atoms with van der Waals surface area (Å²) >= 11 is 0. The number of carbonyl (C=O) groups is 2. The summed E-state index contributed by atoms with van der Waals surface area (Å²) < 4.78 is 5.39. The maximum atomic E-state index is 12.1. The Labute approximate surface area is 132 Å². The number of aromatic amines is 1. The van der Waals surface area contributed by atoms with Gasteiger partial charge in [-0.3, -0.25) is 4.79 Å². The molecular formula is C17H16N2O4. The number of aromatic nitrogens is 1. The highest BCUT2D eigenvalue weighted by Gasteiger charge is 2.19. The Bertz CT molecular complexity index is 876. The summed E-state index contributed by atoms with van der Waals surface area (Å²) in [5.74, 6) is 0.101. The van der Waals surface area contributed by atoms with Gasteiger partial charge in [-0.2, -0.15) is 0 Å². The number of carboxylic acids is 1. The molecule has 0 saturated carbocycles. The number of amides is 1. The zero-order valence-corrected chi connectivity index (χ0v) is 12.6. The lowest BCUT2D eigenvalue weighted by Crippen LogP contribution is -2.25. The third-order valence-electron chi connectivity index (χ3n) is 3.62. The largest absolute Gasteiger partial charge is 0.477 e. The van der Waals surface area contributed by atoms with Crippen LogP contribution in [0.2, 0.25) is 0 Å². The van der Waals surface area contributed by atoms with Gasteiger partial charge in [0.15, 0.2) is 0 Å². The van der Waals surface area contributed by atoms with E-state index < -0.39 is 5.97 Å². The van der Waals surface area contributed by atoms with E-state index in [9.17, 15) is 14.7 Å². The van der Waals surface area contributed by atoms with E-state index in [0.29, 0.717) is 16.8 Å². The summed E-state index contributed by atoms with van der Waals surface area (Å²) in [6.07, 6.45) is -0.00859. The number of fused-ring (bicyclic) bond motifs is 1. The zero-order valence-electron chi connectivity index (χ0n) is 12.6. The van der Waals surface area contributed by atoms with E-state index in [1.54, 1.807) is 18.2 Å². The number of carbonyl (C=O) groups excluding carboxylic acids is 1. The van der Waals surface area contributed by atoms with Crippen LogP contribution in [0.1, 0.15) is 27.6 Å². The Morgan fingerprint density at radius 3 is 2.70 bits per heavy atom. The Morgan fingerprint density at radius 2 is 2.00 bits per heavy atom. The highest BCUT2D eigenvalue weighted by Crippen LogP contribution is 2.23. The normalized spacial score (nSPS) is 10.8. The van der Waals surface area contributed by atoms with Crippen LogP contribution < -0.4 is 5.32 Å². The van der Waals surface area contributed by atoms with Crippen molar-refractivity contribution in [3.05, 3.63) is 59.2 Å². The number of benzene rings is 1. The summed E-state index contributed by atoms with van der Waals surface area (Å²) in [5.41, 5.74) is 1.24. The molecule has 0 spiro atoms. The van der Waals surface area contributed by atoms with Crippen LogP contribution in [-0.2, 0) is 17.8 Å². The number of H-pyrrole nitrogens is 1. The number of aromatic carboxylic acids is 1. The highest BCUT2D eigenvalue weighted by molar-refractivity contribution is 5.99. The quantitative estimate of drug-likeness (QED) is 0.675. The monoisotopic (exact) mass is 312 g/mol. The molecule has 118 valence electrons. The second kappa shape index (κ2) is 6.00. The fourth-order valence-corrected chi connectivity index (χ4v) is 2.56. The third kappa shape index (κ3) is 3.11. The Kier molecular flexibility index (Phi) is 3.89. The van der Waals surface area contributed by atoms with Crippen molar-refractivity contribution in [2.24, 2.45) is 0 Å². The molecule has 0 aliphatic heterocycles. The van der Waals surface area contributed by atoms with E-state index in [1.165, 1.54) is 0 Å². The van der Waals surface area contributed by atoms with Crippen molar-refractivity contribution in [1.82, 2.24) is 10.3 Å². The van der Waals surface area contributed by atoms with E-state index in [2.05, 4.69) is 10.3 Å². The van der Waals surface area contributed by atoms with E-state index in [-0.39, 0.29) is 24.6 Å². The van der Waals surface area contributed by atoms with Gasteiger partial charge < -0.3 is 19.8 Å². The number of hydrogen-bond donors (Lipinski definition) is 3. The predicted molar refractivity (Wildman–Crippen MR) is 84.3 cm³/mol. The molecule has 6 heteroatoms. The average molecular weight is 312 g/mol. The molecule has 0 fully saturated rings. The minimum absolute atomic E-state index is 0.00859. The van der Waals surface area contributed by atoms with Crippen molar-refractivity contribution in [2.75, 3.05) is 0 Å². The van der Waals surface area contributed by atoms with Gasteiger partial charge in [-0.25, -0.2) is 4.79 Å². The average Bonchev–Trinajstić information content (AvgIpc) is 3.10. The fourth-order valence-electron chi connectivity index (χ4n) is 2.56. The third-order valence-corrected chi connectivity index (χ3v) is 3.62. The summed E-state index contributed by atoms with van der Waals surface area (Å²) in [6.45, 7) is 2.10. The summed E-state index contributed by atoms with van der Waals surface area (Å²) in [7, 11) is 0. The Morgan fingerprint density at radius 1 is 1.22 bits per heavy atom. The van der Waals surface area contributed by atoms with Crippen LogP contribution >= 0.6 is 0 Å². The molecular weight excluding hydrogens is 296 g/mol. The summed E-state index contributed by atoms with van der Waals surface area (Å²) in [6, 6.07) is 10.8. The van der Waals surface area contributed by atoms with Crippen LogP contribution in [0.5, 0.6) is 0 Å². The molecule has 0 radical (unpaired) electrons. The standard InChI is InChI=1S/C17H16N2O4/c1-10-6-7-11(23-10)9-18-15(20)8-13-12-4-2-3-5-14(12)19-16(13)17(21)22/h2-7,19H,8-9H2,1H3,(H,18,20)(H,21,22). The fraction of sp³-hybridized carbons (Fsp3) is 0.176. The number of carboxylic acid groups (broad SMARTS) is 1. The lowest BCUT2D eigenvalue weighted by Gasteiger charge is -2.04. The van der Waals surface area contributed by atoms with Gasteiger partial charge in [-0.1, -0.05) is 18.2 Å². The van der Waals surface area contributed by atoms with E-state index in [1.807, 2.05) is 25.1 Å². The van der Waals surface area contributed by atoms with Crippen molar-refractivity contribution in [2.45, 2.75) is 19.9 Å². The number of aryl methyl sites for hydroxylation is 1. The first-order chi connectivity index (χ1) is 11.0. The van der Waals surface area contributed by atoms with Gasteiger partial charge in [-0.05, 0) is 25.1 Å². The smallest absolute Gasteiger partial charge is 0.352 e. The summed E-state index contributed by atoms with van der Waals surface area (Å²) in [4.78, 5) is 26.4. The molecule has 0 bridgehead atoms. The summed E-state index contributed by atoms with van der Waals surface area (Å²) in [5, 5.41) is 12.8. The zero-order chi connectivity index (χ0) is 16.4. The van der Waals surface area contributed by atoms with Crippen molar-refractivity contribution in [3.8, 4) is 0 Å². The number of nitrogens with one attached hydrogen (secondary N) is 2. The molecule has 23 heavy (non-hydrogen) atoms. The van der Waals surface area contributed by atoms with Crippen LogP contribution in [0.4, 0.5) is 0 Å². The molecule has 6 nitrogen and oxygen atoms in total. The Hall–Kier alpha value is -3.02. The minimum Gasteiger partial charge on any atom is -0.477 e. The second-order valence-corrected chi connectivity index (χ2v) is 5.30. The SMILES string of the molecule is Cc1ccc(CNC(=O)Cc2c(C(=O)O)[nH]c3ccccc23)o1. The topological polar surface area (TPSA) is 95.3 Å². The van der Waals surface area contributed by atoms with Gasteiger partial charge >= 0.3 is 5.97 Å². The highest BCUT2D eigenvalue weighted by atomic mass is 16.4. The van der Waals surface area contributed by atoms with Crippen molar-refractivity contribution >= 4 is 22.8 Å². The number of furan rings is 1. The van der Waals surface area contributed by atoms with Gasteiger partial charge in [0.25, 0.3) is 0 Å². The molecule has 0 aliphatic rings. The molecule has 0 aliphatic carbocycles. The van der Waals surface area contributed by atoms with Crippen LogP contribution in [0.25, 0.3) is 10.9 Å². The maximum Gasteiger partial charge on any atom is 0.352 e. The molecule has 2 aromatic heterocycles. The predicted octanol–water partition coefficient (Wildman–Crippen LogP) is 2.63. The lowest BCUT2D eigenvalue weighted by atomic mass is 10.1. The number of para-hydroxylation sites is 1. The lowest BCUT2D eigenvalue weighted by molar-refractivity contribution is -0.120. The molecule has 3 aromatic rings. The number of hydrogen-bond acceptors (Lipinski definition) is 3. The van der Waals surface area contributed by atoms with Crippen LogP contribution in [-0.4, -0.2) is 22.0 Å². The molecule has 3 N–H and O–H groups in total. The van der Waals surface area contributed by atoms with Crippen LogP contribution in [0, 0.1) is 6.92 Å². The maximum absolute atomic E-state index is 12.1. The van der Waals surface area contributed by atoms with E-state index >= 15 is 0 Å². The Balaban J connectivity index is 1.78. The molecule has 1 aromatic carbocycles. The van der Waals surface area contributed by atoms with Crippen LogP contribution in [0.15, 0.2) is 40.8 Å². The first-order valence-corrected chi connectivity index (χ1v) is 7.19. The molecule has 0 unspecified atom stereocenters. The number of rotatable bonds is 5.